The summed E-state index contributed by atoms with van der Waals surface area (Å²) in [4.78, 5) is 0. The van der Waals surface area contributed by atoms with E-state index in [2.05, 4.69) is 39.8 Å². The zero-order chi connectivity index (χ0) is 13.3. The van der Waals surface area contributed by atoms with E-state index in [0.717, 1.165) is 12.2 Å². The second-order valence-electron chi connectivity index (χ2n) is 5.40. The molecule has 3 atom stereocenters. The zero-order valence-electron chi connectivity index (χ0n) is 12.1. The molecule has 1 aromatic rings. The molecule has 18 heavy (non-hydrogen) atoms. The van der Waals surface area contributed by atoms with Gasteiger partial charge in [0.05, 0.1) is 19.3 Å². The molecule has 1 heterocycles. The average molecular weight is 248 g/mol. The monoisotopic (exact) mass is 248 g/mol. The van der Waals surface area contributed by atoms with Crippen molar-refractivity contribution in [3.8, 4) is 5.75 Å². The molecule has 1 aliphatic heterocycles. The molecule has 1 saturated heterocycles. The first kappa shape index (κ1) is 13.4. The van der Waals surface area contributed by atoms with Crippen LogP contribution in [0.15, 0.2) is 12.1 Å². The minimum atomic E-state index is 0.457. The maximum Gasteiger partial charge on any atom is 0.122 e. The van der Waals surface area contributed by atoms with Gasteiger partial charge in [0.1, 0.15) is 5.75 Å². The van der Waals surface area contributed by atoms with Crippen molar-refractivity contribution in [2.75, 3.05) is 7.11 Å². The van der Waals surface area contributed by atoms with Crippen LogP contribution in [0.2, 0.25) is 0 Å². The van der Waals surface area contributed by atoms with E-state index in [9.17, 15) is 0 Å². The Labute approximate surface area is 110 Å². The first-order valence-electron chi connectivity index (χ1n) is 6.87. The lowest BCUT2D eigenvalue weighted by atomic mass is 9.87. The van der Waals surface area contributed by atoms with Crippen molar-refractivity contribution in [1.29, 1.82) is 0 Å². The quantitative estimate of drug-likeness (QED) is 0.735. The summed E-state index contributed by atoms with van der Waals surface area (Å²) in [6.45, 7) is 8.71. The van der Waals surface area contributed by atoms with Gasteiger partial charge in [-0.2, -0.15) is 0 Å². The van der Waals surface area contributed by atoms with Crippen LogP contribution in [0.1, 0.15) is 49.3 Å². The van der Waals surface area contributed by atoms with E-state index in [4.69, 9.17) is 9.47 Å². The van der Waals surface area contributed by atoms with Crippen molar-refractivity contribution in [3.63, 3.8) is 0 Å². The molecular weight excluding hydrogens is 224 g/mol. The van der Waals surface area contributed by atoms with Crippen LogP contribution >= 0.6 is 0 Å². The molecule has 0 aliphatic carbocycles. The SMILES string of the molecule is CCC(CC1OC1C)c1cc(C)c(OC)cc1C. The molecule has 0 aromatic heterocycles. The van der Waals surface area contributed by atoms with E-state index in [1.165, 1.54) is 23.1 Å². The zero-order valence-corrected chi connectivity index (χ0v) is 12.1. The molecule has 0 amide bonds. The standard InChI is InChI=1S/C16H24O2/c1-6-13(9-16-12(4)18-16)14-7-11(3)15(17-5)8-10(14)2/h7-8,12-13,16H,6,9H2,1-5H3. The Bertz CT molecular complexity index is 425. The van der Waals surface area contributed by atoms with Crippen LogP contribution in [0.4, 0.5) is 0 Å². The summed E-state index contributed by atoms with van der Waals surface area (Å²) in [5, 5.41) is 0. The predicted octanol–water partition coefficient (Wildman–Crippen LogP) is 3.98. The number of benzene rings is 1. The number of hydrogen-bond donors (Lipinski definition) is 0. The van der Waals surface area contributed by atoms with Gasteiger partial charge < -0.3 is 9.47 Å². The first-order valence-corrected chi connectivity index (χ1v) is 6.87. The van der Waals surface area contributed by atoms with Gasteiger partial charge in [-0.25, -0.2) is 0 Å². The average Bonchev–Trinajstić information content (AvgIpc) is 3.04. The number of rotatable bonds is 5. The Balaban J connectivity index is 2.21. The van der Waals surface area contributed by atoms with Crippen LogP contribution in [-0.4, -0.2) is 19.3 Å². The summed E-state index contributed by atoms with van der Waals surface area (Å²) < 4.78 is 10.9. The highest BCUT2D eigenvalue weighted by atomic mass is 16.6. The summed E-state index contributed by atoms with van der Waals surface area (Å²) in [7, 11) is 1.73. The molecule has 2 rings (SSSR count). The molecule has 1 aromatic carbocycles. The number of ether oxygens (including phenoxy) is 2. The highest BCUT2D eigenvalue weighted by Gasteiger charge is 2.36. The Morgan fingerprint density at radius 1 is 1.28 bits per heavy atom. The molecule has 2 heteroatoms. The van der Waals surface area contributed by atoms with E-state index in [1.807, 2.05) is 0 Å². The first-order chi connectivity index (χ1) is 8.56. The van der Waals surface area contributed by atoms with Gasteiger partial charge in [0.2, 0.25) is 0 Å². The largest absolute Gasteiger partial charge is 0.496 e. The fraction of sp³-hybridized carbons (Fsp3) is 0.625. The van der Waals surface area contributed by atoms with Crippen LogP contribution in [0, 0.1) is 13.8 Å². The van der Waals surface area contributed by atoms with Gasteiger partial charge in [-0.1, -0.05) is 13.0 Å². The van der Waals surface area contributed by atoms with E-state index in [-0.39, 0.29) is 0 Å². The third-order valence-corrected chi connectivity index (χ3v) is 4.07. The summed E-state index contributed by atoms with van der Waals surface area (Å²) in [5.41, 5.74) is 4.01. The fourth-order valence-electron chi connectivity index (χ4n) is 2.74. The van der Waals surface area contributed by atoms with Gasteiger partial charge in [0, 0.05) is 0 Å². The topological polar surface area (TPSA) is 21.8 Å². The predicted molar refractivity (Wildman–Crippen MR) is 74.5 cm³/mol. The Morgan fingerprint density at radius 2 is 1.94 bits per heavy atom. The molecule has 0 radical (unpaired) electrons. The van der Waals surface area contributed by atoms with Crippen LogP contribution in [-0.2, 0) is 4.74 Å². The minimum absolute atomic E-state index is 0.457. The molecule has 0 N–H and O–H groups in total. The van der Waals surface area contributed by atoms with Crippen LogP contribution in [0.3, 0.4) is 0 Å². The summed E-state index contributed by atoms with van der Waals surface area (Å²) in [6.07, 6.45) is 3.24. The third kappa shape index (κ3) is 2.69. The maximum absolute atomic E-state index is 5.56. The fourth-order valence-corrected chi connectivity index (χ4v) is 2.74. The molecule has 1 aliphatic rings. The second kappa shape index (κ2) is 5.31. The highest BCUT2D eigenvalue weighted by molar-refractivity contribution is 5.43. The lowest BCUT2D eigenvalue weighted by molar-refractivity contribution is 0.357. The van der Waals surface area contributed by atoms with Gasteiger partial charge in [-0.05, 0) is 62.3 Å². The van der Waals surface area contributed by atoms with E-state index in [1.54, 1.807) is 7.11 Å². The molecule has 100 valence electrons. The van der Waals surface area contributed by atoms with Gasteiger partial charge in [-0.3, -0.25) is 0 Å². The van der Waals surface area contributed by atoms with Crippen molar-refractivity contribution >= 4 is 0 Å². The van der Waals surface area contributed by atoms with Crippen LogP contribution in [0.5, 0.6) is 5.75 Å². The van der Waals surface area contributed by atoms with Gasteiger partial charge in [0.15, 0.2) is 0 Å². The summed E-state index contributed by atoms with van der Waals surface area (Å²) >= 11 is 0. The number of aryl methyl sites for hydroxylation is 2. The molecular formula is C16H24O2. The second-order valence-corrected chi connectivity index (χ2v) is 5.40. The normalized spacial score (nSPS) is 23.8. The molecule has 3 unspecified atom stereocenters. The van der Waals surface area contributed by atoms with Gasteiger partial charge >= 0.3 is 0 Å². The van der Waals surface area contributed by atoms with Gasteiger partial charge in [-0.15, -0.1) is 0 Å². The summed E-state index contributed by atoms with van der Waals surface area (Å²) in [5.74, 6) is 1.59. The molecule has 0 saturated carbocycles. The van der Waals surface area contributed by atoms with E-state index < -0.39 is 0 Å². The van der Waals surface area contributed by atoms with E-state index >= 15 is 0 Å². The van der Waals surface area contributed by atoms with Gasteiger partial charge in [0.25, 0.3) is 0 Å². The van der Waals surface area contributed by atoms with Crippen LogP contribution < -0.4 is 4.74 Å². The van der Waals surface area contributed by atoms with Crippen molar-refractivity contribution in [2.45, 2.75) is 58.7 Å². The Morgan fingerprint density at radius 3 is 2.44 bits per heavy atom. The van der Waals surface area contributed by atoms with Crippen molar-refractivity contribution in [1.82, 2.24) is 0 Å². The number of methoxy groups -OCH3 is 1. The Hall–Kier alpha value is -1.02. The lowest BCUT2D eigenvalue weighted by Crippen LogP contribution is -2.06. The summed E-state index contributed by atoms with van der Waals surface area (Å²) in [6, 6.07) is 4.44. The lowest BCUT2D eigenvalue weighted by Gasteiger charge is -2.19. The molecule has 0 spiro atoms. The molecule has 2 nitrogen and oxygen atoms in total. The number of epoxide rings is 1. The smallest absolute Gasteiger partial charge is 0.122 e. The van der Waals surface area contributed by atoms with Crippen LogP contribution in [0.25, 0.3) is 0 Å². The maximum atomic E-state index is 5.56. The van der Waals surface area contributed by atoms with Crippen molar-refractivity contribution in [2.24, 2.45) is 0 Å². The highest BCUT2D eigenvalue weighted by Crippen LogP contribution is 2.37. The van der Waals surface area contributed by atoms with Crippen molar-refractivity contribution < 1.29 is 9.47 Å². The van der Waals surface area contributed by atoms with E-state index in [0.29, 0.717) is 18.1 Å². The molecule has 1 fully saturated rings. The Kier molecular flexibility index (Phi) is 3.96. The van der Waals surface area contributed by atoms with Crippen molar-refractivity contribution in [3.05, 3.63) is 28.8 Å². The third-order valence-electron chi connectivity index (χ3n) is 4.07. The minimum Gasteiger partial charge on any atom is -0.496 e. The number of hydrogen-bond acceptors (Lipinski definition) is 2. The molecule has 0 bridgehead atoms.